The van der Waals surface area contributed by atoms with E-state index in [-0.39, 0.29) is 18.4 Å². The maximum atomic E-state index is 14.7. The highest BCUT2D eigenvalue weighted by molar-refractivity contribution is 5.61. The van der Waals surface area contributed by atoms with Crippen LogP contribution in [-0.4, -0.2) is 81.1 Å². The van der Waals surface area contributed by atoms with Crippen LogP contribution in [0.15, 0.2) is 47.1 Å². The van der Waals surface area contributed by atoms with E-state index in [0.717, 1.165) is 19.6 Å². The molecule has 11 nitrogen and oxygen atoms in total. The van der Waals surface area contributed by atoms with Crippen molar-refractivity contribution in [2.24, 2.45) is 0 Å². The first-order chi connectivity index (χ1) is 17.7. The first-order valence-corrected chi connectivity index (χ1v) is 12.2. The average molecular weight is 511 g/mol. The minimum absolute atomic E-state index is 0.0957. The van der Waals surface area contributed by atoms with Gasteiger partial charge in [-0.1, -0.05) is 0 Å². The van der Waals surface area contributed by atoms with Crippen LogP contribution in [0, 0.1) is 5.82 Å². The Bertz CT molecular complexity index is 1340. The van der Waals surface area contributed by atoms with E-state index in [9.17, 15) is 9.50 Å². The largest absolute Gasteiger partial charge is 0.491 e. The number of halogens is 1. The summed E-state index contributed by atoms with van der Waals surface area (Å²) in [7, 11) is 0. The molecule has 3 aromatic heterocycles. The van der Waals surface area contributed by atoms with Gasteiger partial charge in [-0.25, -0.2) is 4.39 Å². The molecule has 1 aliphatic rings. The Morgan fingerprint density at radius 1 is 1.16 bits per heavy atom. The van der Waals surface area contributed by atoms with Gasteiger partial charge in [-0.15, -0.1) is 0 Å². The molecule has 0 aliphatic carbocycles. The molecule has 1 fully saturated rings. The second-order valence-electron chi connectivity index (χ2n) is 9.65. The average Bonchev–Trinajstić information content (AvgIpc) is 3.53. The summed E-state index contributed by atoms with van der Waals surface area (Å²) in [5, 5.41) is 17.4. The number of hydrogen-bond acceptors (Lipinski definition) is 10. The van der Waals surface area contributed by atoms with Crippen LogP contribution in [0.2, 0.25) is 0 Å². The predicted octanol–water partition coefficient (Wildman–Crippen LogP) is 2.49. The van der Waals surface area contributed by atoms with Crippen LogP contribution in [-0.2, 0) is 0 Å². The molecule has 4 aromatic rings. The molecule has 0 spiro atoms. The molecule has 196 valence electrons. The Morgan fingerprint density at radius 2 is 1.97 bits per heavy atom. The van der Waals surface area contributed by atoms with E-state index in [1.54, 1.807) is 44.4 Å². The van der Waals surface area contributed by atoms with E-state index in [1.807, 2.05) is 11.0 Å². The molecule has 12 heteroatoms. The summed E-state index contributed by atoms with van der Waals surface area (Å²) in [6.45, 7) is 7.83. The third-order valence-corrected chi connectivity index (χ3v) is 6.06. The molecule has 4 heterocycles. The molecule has 1 saturated heterocycles. The van der Waals surface area contributed by atoms with Crippen molar-refractivity contribution in [1.29, 1.82) is 0 Å². The van der Waals surface area contributed by atoms with Crippen LogP contribution in [0.3, 0.4) is 0 Å². The topological polar surface area (TPSA) is 130 Å². The number of hydrogen-bond donors (Lipinski definition) is 3. The van der Waals surface area contributed by atoms with Gasteiger partial charge in [0.15, 0.2) is 11.4 Å². The van der Waals surface area contributed by atoms with Gasteiger partial charge in [0, 0.05) is 51.4 Å². The summed E-state index contributed by atoms with van der Waals surface area (Å²) in [6, 6.07) is 10.3. The number of furan rings is 1. The summed E-state index contributed by atoms with van der Waals surface area (Å²) in [5.41, 5.74) is 6.87. The zero-order valence-corrected chi connectivity index (χ0v) is 20.9. The molecule has 0 amide bonds. The van der Waals surface area contributed by atoms with Crippen LogP contribution in [0.5, 0.6) is 5.75 Å². The lowest BCUT2D eigenvalue weighted by molar-refractivity contribution is 0.0284. The van der Waals surface area contributed by atoms with Crippen molar-refractivity contribution in [3.05, 3.63) is 48.5 Å². The minimum Gasteiger partial charge on any atom is -0.491 e. The fraction of sp³-hybridized carbons (Fsp3) is 0.400. The quantitative estimate of drug-likeness (QED) is 0.309. The molecule has 1 aromatic carbocycles. The predicted molar refractivity (Wildman–Crippen MR) is 138 cm³/mol. The van der Waals surface area contributed by atoms with E-state index in [1.165, 1.54) is 10.6 Å². The number of aromatic nitrogens is 4. The van der Waals surface area contributed by atoms with Gasteiger partial charge in [-0.2, -0.15) is 19.6 Å². The number of nitrogens with one attached hydrogen (secondary N) is 1. The number of aliphatic hydroxyl groups is 1. The molecule has 0 unspecified atom stereocenters. The third kappa shape index (κ3) is 5.92. The lowest BCUT2D eigenvalue weighted by Crippen LogP contribution is -2.48. The molecular formula is C25H31FN8O3. The fourth-order valence-electron chi connectivity index (χ4n) is 4.16. The molecule has 37 heavy (non-hydrogen) atoms. The Labute approximate surface area is 213 Å². The van der Waals surface area contributed by atoms with E-state index < -0.39 is 5.60 Å². The van der Waals surface area contributed by atoms with Gasteiger partial charge in [-0.05, 0) is 38.1 Å². The summed E-state index contributed by atoms with van der Waals surface area (Å²) in [4.78, 5) is 13.2. The number of anilines is 3. The maximum absolute atomic E-state index is 14.7. The maximum Gasteiger partial charge on any atom is 0.228 e. The van der Waals surface area contributed by atoms with Crippen LogP contribution in [0.25, 0.3) is 17.1 Å². The van der Waals surface area contributed by atoms with Gasteiger partial charge >= 0.3 is 0 Å². The number of fused-ring (bicyclic) bond motifs is 1. The summed E-state index contributed by atoms with van der Waals surface area (Å²) in [6.07, 6.45) is 1.59. The monoisotopic (exact) mass is 510 g/mol. The zero-order valence-electron chi connectivity index (χ0n) is 20.9. The van der Waals surface area contributed by atoms with Gasteiger partial charge in [0.1, 0.15) is 23.9 Å². The van der Waals surface area contributed by atoms with Gasteiger partial charge in [0.2, 0.25) is 11.9 Å². The van der Waals surface area contributed by atoms with Crippen molar-refractivity contribution in [2.75, 3.05) is 61.8 Å². The number of piperazine rings is 1. The first-order valence-electron chi connectivity index (χ1n) is 12.2. The van der Waals surface area contributed by atoms with Crippen molar-refractivity contribution in [3.8, 4) is 17.2 Å². The normalized spacial score (nSPS) is 14.9. The summed E-state index contributed by atoms with van der Waals surface area (Å²) in [5.74, 6) is 1.38. The first kappa shape index (κ1) is 24.8. The molecule has 0 bridgehead atoms. The Hall–Kier alpha value is -3.90. The number of rotatable bonds is 9. The fourth-order valence-corrected chi connectivity index (χ4v) is 4.16. The molecule has 0 radical (unpaired) electrons. The second kappa shape index (κ2) is 10.2. The molecule has 0 atom stereocenters. The molecule has 5 rings (SSSR count). The smallest absolute Gasteiger partial charge is 0.228 e. The zero-order chi connectivity index (χ0) is 26.0. The van der Waals surface area contributed by atoms with Crippen LogP contribution < -0.4 is 20.7 Å². The van der Waals surface area contributed by atoms with Gasteiger partial charge in [0.05, 0.1) is 17.6 Å². The number of nitrogens with two attached hydrogens (primary N) is 1. The van der Waals surface area contributed by atoms with Crippen molar-refractivity contribution in [3.63, 3.8) is 0 Å². The number of nitrogen functional groups attached to an aromatic ring is 1. The third-order valence-electron chi connectivity index (χ3n) is 6.06. The lowest BCUT2D eigenvalue weighted by Gasteiger charge is -2.36. The second-order valence-corrected chi connectivity index (χ2v) is 9.65. The highest BCUT2D eigenvalue weighted by Crippen LogP contribution is 2.26. The van der Waals surface area contributed by atoms with Crippen LogP contribution in [0.4, 0.5) is 22.0 Å². The van der Waals surface area contributed by atoms with Crippen LogP contribution in [0.1, 0.15) is 13.8 Å². The van der Waals surface area contributed by atoms with Gasteiger partial charge in [0.25, 0.3) is 0 Å². The van der Waals surface area contributed by atoms with Crippen molar-refractivity contribution in [2.45, 2.75) is 19.4 Å². The van der Waals surface area contributed by atoms with Crippen LogP contribution >= 0.6 is 0 Å². The van der Waals surface area contributed by atoms with E-state index >= 15 is 0 Å². The molecule has 4 N–H and O–H groups in total. The van der Waals surface area contributed by atoms with Gasteiger partial charge in [-0.3, -0.25) is 4.90 Å². The highest BCUT2D eigenvalue weighted by atomic mass is 19.1. The number of benzene rings is 1. The van der Waals surface area contributed by atoms with Crippen molar-refractivity contribution in [1.82, 2.24) is 24.5 Å². The van der Waals surface area contributed by atoms with E-state index in [4.69, 9.17) is 14.9 Å². The summed E-state index contributed by atoms with van der Waals surface area (Å²) < 4.78 is 27.1. The van der Waals surface area contributed by atoms with Gasteiger partial charge < -0.3 is 30.2 Å². The summed E-state index contributed by atoms with van der Waals surface area (Å²) >= 11 is 0. The molecular weight excluding hydrogens is 479 g/mol. The molecule has 0 saturated carbocycles. The molecule has 1 aliphatic heterocycles. The van der Waals surface area contributed by atoms with Crippen molar-refractivity contribution >= 4 is 23.2 Å². The number of nitrogens with zero attached hydrogens (tertiary/aromatic N) is 6. The SMILES string of the molecule is CC(C)(O)COc1ccc(N2CCN(CCNc3nc(N)n4nc(-c5ccco5)cc4n3)CC2)c(F)c1. The highest BCUT2D eigenvalue weighted by Gasteiger charge is 2.21. The van der Waals surface area contributed by atoms with Crippen molar-refractivity contribution < 1.29 is 18.7 Å². The standard InChI is InChI=1S/C25H31FN8O3/c1-25(2,35)16-37-17-5-6-20(18(26)14-17)33-11-9-32(10-12-33)8-7-28-24-29-22-15-19(21-4-3-13-36-21)31-34(22)23(27)30-24/h3-6,13-15,35H,7-12,16H2,1-2H3,(H3,27,28,29,30). The van der Waals surface area contributed by atoms with E-state index in [2.05, 4.69) is 25.3 Å². The van der Waals surface area contributed by atoms with E-state index in [0.29, 0.717) is 54.1 Å². The lowest BCUT2D eigenvalue weighted by atomic mass is 10.1. The minimum atomic E-state index is -0.977. The Kier molecular flexibility index (Phi) is 6.85. The number of ether oxygens (including phenoxy) is 1. The Morgan fingerprint density at radius 3 is 2.68 bits per heavy atom. The Balaban J connectivity index is 1.11.